The average molecular weight is 508 g/mol. The number of hydrogen-bond donors (Lipinski definition) is 1. The molecule has 0 bridgehead atoms. The Labute approximate surface area is 200 Å². The Morgan fingerprint density at radius 2 is 1.91 bits per heavy atom. The molecule has 2 unspecified atom stereocenters. The van der Waals surface area contributed by atoms with Crippen molar-refractivity contribution in [2.45, 2.75) is 48.7 Å². The molecule has 2 aliphatic rings. The number of fused-ring (bicyclic) bond motifs is 1. The van der Waals surface area contributed by atoms with Gasteiger partial charge in [0.25, 0.3) is 0 Å². The number of H-pyrrole nitrogens is 1. The van der Waals surface area contributed by atoms with Crippen LogP contribution in [-0.2, 0) is 25.6 Å². The van der Waals surface area contributed by atoms with E-state index < -0.39 is 33.1 Å². The van der Waals surface area contributed by atoms with Gasteiger partial charge in [0.2, 0.25) is 5.91 Å². The van der Waals surface area contributed by atoms with Crippen LogP contribution in [0.15, 0.2) is 47.6 Å². The summed E-state index contributed by atoms with van der Waals surface area (Å²) in [6.07, 6.45) is 0.884. The lowest BCUT2D eigenvalue weighted by molar-refractivity contribution is -0.138. The van der Waals surface area contributed by atoms with E-state index in [4.69, 9.17) is 0 Å². The largest absolute Gasteiger partial charge is 0.593 e. The van der Waals surface area contributed by atoms with E-state index in [2.05, 4.69) is 15.0 Å². The molecule has 2 fully saturated rings. The second-order valence-electron chi connectivity index (χ2n) is 8.91. The standard InChI is InChI=1S/C23H24F3N5O3S/c24-23(25,26)16-3-1-4-17(13-16)35(33,34)31-10-2-5-20(31)22(32)30-11-7-15(8-12-30)21-28-18-6-9-27-14-19(18)29-21/h1,3-4,6,9,13-15,20H,2,5,7-8,10-12H2,(H-,27,28,29,33,34). The van der Waals surface area contributed by atoms with Gasteiger partial charge < -0.3 is 14.4 Å². The van der Waals surface area contributed by atoms with Gasteiger partial charge in [-0.2, -0.15) is 13.2 Å². The highest BCUT2D eigenvalue weighted by Crippen LogP contribution is 2.36. The van der Waals surface area contributed by atoms with Crippen LogP contribution in [0.25, 0.3) is 11.0 Å². The van der Waals surface area contributed by atoms with Crippen LogP contribution in [0.4, 0.5) is 13.2 Å². The first-order chi connectivity index (χ1) is 16.6. The molecule has 8 nitrogen and oxygen atoms in total. The SMILES string of the molecule is O=C(C1CCCN1[S+](=O)([O-])c1cccc(C(F)(F)F)c1)N1CCC(c2nc3ccncc3[nH]2)CC1. The fourth-order valence-corrected chi connectivity index (χ4v) is 6.59. The van der Waals surface area contributed by atoms with Gasteiger partial charge in [-0.25, -0.2) is 4.98 Å². The summed E-state index contributed by atoms with van der Waals surface area (Å²) in [4.78, 5) is 26.5. The molecule has 4 heterocycles. The fraction of sp³-hybridized carbons (Fsp3) is 0.435. The van der Waals surface area contributed by atoms with Gasteiger partial charge >= 0.3 is 6.18 Å². The summed E-state index contributed by atoms with van der Waals surface area (Å²) >= 11 is 0. The van der Waals surface area contributed by atoms with Gasteiger partial charge in [0.1, 0.15) is 11.9 Å². The van der Waals surface area contributed by atoms with Gasteiger partial charge in [-0.05, 0) is 43.9 Å². The summed E-state index contributed by atoms with van der Waals surface area (Å²) in [6.45, 7) is 0.998. The van der Waals surface area contributed by atoms with Crippen molar-refractivity contribution < 1.29 is 26.7 Å². The van der Waals surface area contributed by atoms with Crippen LogP contribution >= 0.6 is 0 Å². The van der Waals surface area contributed by atoms with Crippen molar-refractivity contribution in [3.05, 3.63) is 54.1 Å². The molecule has 2 aromatic heterocycles. The molecule has 1 amide bonds. The number of amides is 1. The van der Waals surface area contributed by atoms with E-state index in [1.165, 1.54) is 0 Å². The van der Waals surface area contributed by atoms with Crippen LogP contribution in [-0.4, -0.2) is 60.3 Å². The predicted octanol–water partition coefficient (Wildman–Crippen LogP) is 3.75. The van der Waals surface area contributed by atoms with Crippen molar-refractivity contribution in [3.63, 3.8) is 0 Å². The van der Waals surface area contributed by atoms with Gasteiger partial charge in [0.15, 0.2) is 15.3 Å². The number of carbonyl (C=O) groups is 1. The molecule has 0 aliphatic carbocycles. The Bertz CT molecular complexity index is 1260. The highest BCUT2D eigenvalue weighted by Gasteiger charge is 2.46. The number of nitrogens with one attached hydrogen (secondary N) is 1. The Kier molecular flexibility index (Phi) is 6.14. The lowest BCUT2D eigenvalue weighted by Crippen LogP contribution is -2.51. The van der Waals surface area contributed by atoms with E-state index >= 15 is 0 Å². The fourth-order valence-electron chi connectivity index (χ4n) is 4.90. The molecule has 0 radical (unpaired) electrons. The maximum absolute atomic E-state index is 13.3. The number of nitrogens with zero attached hydrogens (tertiary/aromatic N) is 4. The summed E-state index contributed by atoms with van der Waals surface area (Å²) in [5.41, 5.74) is 0.640. The third-order valence-corrected chi connectivity index (χ3v) is 8.66. The number of pyridine rings is 1. The third kappa shape index (κ3) is 4.57. The molecule has 2 aliphatic heterocycles. The first-order valence-electron chi connectivity index (χ1n) is 11.4. The molecule has 0 spiro atoms. The lowest BCUT2D eigenvalue weighted by Gasteiger charge is -2.35. The van der Waals surface area contributed by atoms with Gasteiger partial charge in [-0.1, -0.05) is 10.3 Å². The van der Waals surface area contributed by atoms with Crippen molar-refractivity contribution in [1.29, 1.82) is 0 Å². The molecular weight excluding hydrogens is 483 g/mol. The number of benzene rings is 1. The molecule has 3 aromatic rings. The van der Waals surface area contributed by atoms with Crippen LogP contribution < -0.4 is 0 Å². The molecule has 12 heteroatoms. The van der Waals surface area contributed by atoms with Crippen molar-refractivity contribution >= 4 is 27.3 Å². The number of halogens is 3. The van der Waals surface area contributed by atoms with E-state index in [0.29, 0.717) is 44.8 Å². The summed E-state index contributed by atoms with van der Waals surface area (Å²) in [7, 11) is -4.26. The molecule has 5 rings (SSSR count). The zero-order chi connectivity index (χ0) is 24.8. The maximum atomic E-state index is 13.3. The molecule has 2 saturated heterocycles. The van der Waals surface area contributed by atoms with Crippen molar-refractivity contribution in [2.24, 2.45) is 0 Å². The molecule has 1 aromatic carbocycles. The normalized spacial score (nSPS) is 21.9. The Hall–Kier alpha value is -2.83. The van der Waals surface area contributed by atoms with E-state index in [1.807, 2.05) is 6.07 Å². The number of aromatic amines is 1. The number of likely N-dealkylation sites (tertiary alicyclic amines) is 1. The Balaban J connectivity index is 1.28. The molecule has 0 saturated carbocycles. The second kappa shape index (κ2) is 8.99. The van der Waals surface area contributed by atoms with Crippen LogP contribution in [0.1, 0.15) is 43.0 Å². The number of alkyl halides is 3. The first-order valence-corrected chi connectivity index (χ1v) is 12.9. The maximum Gasteiger partial charge on any atom is 0.416 e. The monoisotopic (exact) mass is 507 g/mol. The van der Waals surface area contributed by atoms with Crippen molar-refractivity contribution in [2.75, 3.05) is 19.6 Å². The zero-order valence-electron chi connectivity index (χ0n) is 18.7. The second-order valence-corrected chi connectivity index (χ2v) is 10.8. The number of carbonyl (C=O) groups excluding carboxylic acids is 1. The highest BCUT2D eigenvalue weighted by atomic mass is 32.3. The van der Waals surface area contributed by atoms with Gasteiger partial charge in [0, 0.05) is 37.8 Å². The van der Waals surface area contributed by atoms with E-state index in [9.17, 15) is 26.7 Å². The summed E-state index contributed by atoms with van der Waals surface area (Å²) in [6, 6.07) is 4.58. The predicted molar refractivity (Wildman–Crippen MR) is 121 cm³/mol. The van der Waals surface area contributed by atoms with Crippen molar-refractivity contribution in [3.8, 4) is 0 Å². The molecular formula is C23H24F3N5O3S. The van der Waals surface area contributed by atoms with Crippen LogP contribution in [0, 0.1) is 0 Å². The van der Waals surface area contributed by atoms with Crippen LogP contribution in [0.5, 0.6) is 0 Å². The van der Waals surface area contributed by atoms with E-state index in [-0.39, 0.29) is 18.4 Å². The summed E-state index contributed by atoms with van der Waals surface area (Å²) in [5, 5.41) is 0. The average Bonchev–Trinajstić information content (AvgIpc) is 3.51. The number of piperidine rings is 1. The number of hydrogen-bond acceptors (Lipinski definition) is 5. The van der Waals surface area contributed by atoms with Crippen LogP contribution in [0.3, 0.4) is 0 Å². The van der Waals surface area contributed by atoms with Gasteiger partial charge in [0.05, 0.1) is 22.8 Å². The van der Waals surface area contributed by atoms with Gasteiger partial charge in [-0.3, -0.25) is 9.78 Å². The molecule has 35 heavy (non-hydrogen) atoms. The smallest absolute Gasteiger partial charge is 0.416 e. The summed E-state index contributed by atoms with van der Waals surface area (Å²) < 4.78 is 66.8. The molecule has 2 atom stereocenters. The van der Waals surface area contributed by atoms with E-state index in [0.717, 1.165) is 39.4 Å². The summed E-state index contributed by atoms with van der Waals surface area (Å²) in [5.74, 6) is 0.681. The van der Waals surface area contributed by atoms with Gasteiger partial charge in [-0.15, -0.1) is 4.31 Å². The highest BCUT2D eigenvalue weighted by molar-refractivity contribution is 7.95. The first kappa shape index (κ1) is 23.9. The number of aromatic nitrogens is 3. The Morgan fingerprint density at radius 1 is 1.14 bits per heavy atom. The van der Waals surface area contributed by atoms with Crippen LogP contribution in [0.2, 0.25) is 0 Å². The molecule has 1 N–H and O–H groups in total. The molecule has 186 valence electrons. The minimum absolute atomic E-state index is 0.0957. The number of imidazole rings is 1. The zero-order valence-corrected chi connectivity index (χ0v) is 19.5. The number of sulfonamides is 1. The topological polar surface area (TPSA) is 105 Å². The Morgan fingerprint density at radius 3 is 2.63 bits per heavy atom. The minimum Gasteiger partial charge on any atom is -0.593 e. The third-order valence-electron chi connectivity index (χ3n) is 6.75. The van der Waals surface area contributed by atoms with E-state index in [1.54, 1.807) is 17.3 Å². The van der Waals surface area contributed by atoms with Crippen molar-refractivity contribution in [1.82, 2.24) is 24.2 Å². The number of rotatable bonds is 4. The quantitative estimate of drug-likeness (QED) is 0.542. The minimum atomic E-state index is -4.66. The lowest BCUT2D eigenvalue weighted by atomic mass is 9.95.